The number of halogens is 1. The summed E-state index contributed by atoms with van der Waals surface area (Å²) in [5.74, 6) is -0.185. The number of hydrogen-bond donors (Lipinski definition) is 1. The van der Waals surface area contributed by atoms with Gasteiger partial charge in [-0.3, -0.25) is 14.6 Å². The zero-order chi connectivity index (χ0) is 14.9. The molecule has 0 spiro atoms. The number of nitrogens with one attached hydrogen (secondary N) is 1. The summed E-state index contributed by atoms with van der Waals surface area (Å²) >= 11 is 5.91. The van der Waals surface area contributed by atoms with Crippen molar-refractivity contribution in [3.63, 3.8) is 0 Å². The van der Waals surface area contributed by atoms with E-state index in [2.05, 4.69) is 15.3 Å². The molecule has 0 aliphatic carbocycles. The number of aromatic nitrogens is 4. The minimum Gasteiger partial charge on any atom is -0.336 e. The maximum atomic E-state index is 12.3. The van der Waals surface area contributed by atoms with Gasteiger partial charge in [-0.05, 0) is 20.8 Å². The van der Waals surface area contributed by atoms with Gasteiger partial charge in [-0.15, -0.1) is 0 Å². The van der Waals surface area contributed by atoms with Crippen molar-refractivity contribution in [3.05, 3.63) is 33.9 Å². The molecule has 108 valence electrons. The van der Waals surface area contributed by atoms with Gasteiger partial charge in [-0.25, -0.2) is 0 Å². The van der Waals surface area contributed by atoms with E-state index in [4.69, 9.17) is 11.6 Å². The number of nitrogens with zero attached hydrogens (tertiary/aromatic N) is 4. The molecule has 0 radical (unpaired) electrons. The highest BCUT2D eigenvalue weighted by atomic mass is 35.5. The molecule has 7 heteroatoms. The van der Waals surface area contributed by atoms with E-state index in [0.29, 0.717) is 17.3 Å². The van der Waals surface area contributed by atoms with Gasteiger partial charge in [0, 0.05) is 31.4 Å². The Hall–Kier alpha value is -1.82. The molecule has 0 saturated carbocycles. The molecule has 2 rings (SSSR count). The van der Waals surface area contributed by atoms with Crippen LogP contribution in [0.25, 0.3) is 0 Å². The Balaban J connectivity index is 2.20. The molecule has 6 nitrogen and oxygen atoms in total. The lowest BCUT2D eigenvalue weighted by Gasteiger charge is -2.16. The molecule has 0 saturated heterocycles. The van der Waals surface area contributed by atoms with Crippen LogP contribution in [-0.4, -0.2) is 37.8 Å². The largest absolute Gasteiger partial charge is 0.336 e. The number of carbonyl (C=O) groups is 1. The molecule has 20 heavy (non-hydrogen) atoms. The third kappa shape index (κ3) is 2.56. The summed E-state index contributed by atoms with van der Waals surface area (Å²) in [4.78, 5) is 13.9. The lowest BCUT2D eigenvalue weighted by atomic mass is 10.2. The number of amides is 1. The van der Waals surface area contributed by atoms with Gasteiger partial charge in [-0.2, -0.15) is 10.2 Å². The highest BCUT2D eigenvalue weighted by molar-refractivity contribution is 6.33. The van der Waals surface area contributed by atoms with Crippen LogP contribution in [0.5, 0.6) is 0 Å². The summed E-state index contributed by atoms with van der Waals surface area (Å²) < 4.78 is 1.94. The Labute approximate surface area is 122 Å². The second-order valence-corrected chi connectivity index (χ2v) is 5.13. The molecule has 2 aromatic heterocycles. The first kappa shape index (κ1) is 14.6. The van der Waals surface area contributed by atoms with Gasteiger partial charge in [0.1, 0.15) is 5.69 Å². The third-order valence-corrected chi connectivity index (χ3v) is 3.67. The van der Waals surface area contributed by atoms with Crippen LogP contribution in [0, 0.1) is 13.8 Å². The fourth-order valence-corrected chi connectivity index (χ4v) is 2.36. The molecular formula is C13H18ClN5O. The zero-order valence-electron chi connectivity index (χ0n) is 12.1. The first-order valence-electron chi connectivity index (χ1n) is 6.42. The van der Waals surface area contributed by atoms with Crippen LogP contribution < -0.4 is 0 Å². The van der Waals surface area contributed by atoms with Crippen molar-refractivity contribution in [2.75, 3.05) is 7.05 Å². The number of H-pyrrole nitrogens is 1. The molecule has 2 aromatic rings. The Morgan fingerprint density at radius 3 is 2.70 bits per heavy atom. The lowest BCUT2D eigenvalue weighted by molar-refractivity contribution is 0.0779. The first-order chi connectivity index (χ1) is 9.45. The molecule has 1 amide bonds. The van der Waals surface area contributed by atoms with Gasteiger partial charge in [0.2, 0.25) is 0 Å². The van der Waals surface area contributed by atoms with E-state index < -0.39 is 0 Å². The third-order valence-electron chi connectivity index (χ3n) is 3.38. The Bertz CT molecular complexity index is 631. The van der Waals surface area contributed by atoms with E-state index in [9.17, 15) is 4.79 Å². The maximum absolute atomic E-state index is 12.3. The maximum Gasteiger partial charge on any atom is 0.273 e. The Kier molecular flexibility index (Phi) is 4.13. The molecule has 0 atom stereocenters. The summed E-state index contributed by atoms with van der Waals surface area (Å²) in [5.41, 5.74) is 3.41. The molecule has 0 aromatic carbocycles. The molecule has 2 heterocycles. The van der Waals surface area contributed by atoms with E-state index in [1.165, 1.54) is 6.20 Å². The van der Waals surface area contributed by atoms with Crippen molar-refractivity contribution in [3.8, 4) is 0 Å². The number of carbonyl (C=O) groups excluding carboxylic acids is 1. The van der Waals surface area contributed by atoms with Crippen LogP contribution in [0.3, 0.4) is 0 Å². The van der Waals surface area contributed by atoms with Gasteiger partial charge in [0.25, 0.3) is 5.91 Å². The van der Waals surface area contributed by atoms with E-state index in [1.54, 1.807) is 11.9 Å². The van der Waals surface area contributed by atoms with Crippen molar-refractivity contribution >= 4 is 17.5 Å². The SMILES string of the molecule is CCn1nc(C)c(CN(C)C(=O)c2[nH]ncc2Cl)c1C. The molecule has 0 unspecified atom stereocenters. The van der Waals surface area contributed by atoms with Crippen molar-refractivity contribution in [1.29, 1.82) is 0 Å². The number of aryl methyl sites for hydroxylation is 2. The van der Waals surface area contributed by atoms with Crippen LogP contribution in [0.2, 0.25) is 5.02 Å². The molecule has 0 bridgehead atoms. The fourth-order valence-electron chi connectivity index (χ4n) is 2.19. The minimum atomic E-state index is -0.185. The molecular weight excluding hydrogens is 278 g/mol. The highest BCUT2D eigenvalue weighted by Crippen LogP contribution is 2.18. The Morgan fingerprint density at radius 2 is 2.20 bits per heavy atom. The molecule has 1 N–H and O–H groups in total. The van der Waals surface area contributed by atoms with E-state index in [0.717, 1.165) is 23.5 Å². The fraction of sp³-hybridized carbons (Fsp3) is 0.462. The predicted octanol–water partition coefficient (Wildman–Crippen LogP) is 2.17. The first-order valence-corrected chi connectivity index (χ1v) is 6.80. The van der Waals surface area contributed by atoms with E-state index in [-0.39, 0.29) is 5.91 Å². The van der Waals surface area contributed by atoms with Gasteiger partial charge < -0.3 is 4.90 Å². The summed E-state index contributed by atoms with van der Waals surface area (Å²) in [6.07, 6.45) is 1.42. The van der Waals surface area contributed by atoms with Crippen molar-refractivity contribution in [1.82, 2.24) is 24.9 Å². The number of hydrogen-bond acceptors (Lipinski definition) is 3. The van der Waals surface area contributed by atoms with E-state index in [1.807, 2.05) is 25.5 Å². The normalized spacial score (nSPS) is 10.8. The average molecular weight is 296 g/mol. The summed E-state index contributed by atoms with van der Waals surface area (Å²) in [7, 11) is 1.74. The van der Waals surface area contributed by atoms with Gasteiger partial charge >= 0.3 is 0 Å². The van der Waals surface area contributed by atoms with Crippen molar-refractivity contribution < 1.29 is 4.79 Å². The monoisotopic (exact) mass is 295 g/mol. The van der Waals surface area contributed by atoms with E-state index >= 15 is 0 Å². The average Bonchev–Trinajstić information content (AvgIpc) is 2.95. The van der Waals surface area contributed by atoms with Gasteiger partial charge in [-0.1, -0.05) is 11.6 Å². The van der Waals surface area contributed by atoms with Crippen LogP contribution in [0.1, 0.15) is 34.4 Å². The molecule has 0 fully saturated rings. The van der Waals surface area contributed by atoms with Crippen LogP contribution >= 0.6 is 11.6 Å². The lowest BCUT2D eigenvalue weighted by Crippen LogP contribution is -2.27. The minimum absolute atomic E-state index is 0.185. The smallest absolute Gasteiger partial charge is 0.273 e. The highest BCUT2D eigenvalue weighted by Gasteiger charge is 2.20. The summed E-state index contributed by atoms with van der Waals surface area (Å²) in [6, 6.07) is 0. The predicted molar refractivity (Wildman–Crippen MR) is 76.8 cm³/mol. The van der Waals surface area contributed by atoms with Gasteiger partial charge in [0.05, 0.1) is 16.9 Å². The van der Waals surface area contributed by atoms with Crippen LogP contribution in [0.15, 0.2) is 6.20 Å². The standard InChI is InChI=1S/C13H18ClN5O/c1-5-19-9(3)10(8(2)17-19)7-18(4)13(20)12-11(14)6-15-16-12/h6H,5,7H2,1-4H3,(H,15,16). The number of aromatic amines is 1. The second kappa shape index (κ2) is 5.66. The molecule has 0 aliphatic rings. The van der Waals surface area contributed by atoms with Crippen LogP contribution in [0.4, 0.5) is 0 Å². The quantitative estimate of drug-likeness (QED) is 0.940. The topological polar surface area (TPSA) is 66.8 Å². The number of rotatable bonds is 4. The Morgan fingerprint density at radius 1 is 1.50 bits per heavy atom. The van der Waals surface area contributed by atoms with Crippen molar-refractivity contribution in [2.24, 2.45) is 0 Å². The summed E-state index contributed by atoms with van der Waals surface area (Å²) in [6.45, 7) is 7.32. The second-order valence-electron chi connectivity index (χ2n) is 4.72. The van der Waals surface area contributed by atoms with Gasteiger partial charge in [0.15, 0.2) is 0 Å². The van der Waals surface area contributed by atoms with Crippen LogP contribution in [-0.2, 0) is 13.1 Å². The molecule has 0 aliphatic heterocycles. The summed E-state index contributed by atoms with van der Waals surface area (Å²) in [5, 5.41) is 11.2. The van der Waals surface area contributed by atoms with Crippen molar-refractivity contribution in [2.45, 2.75) is 33.9 Å². The zero-order valence-corrected chi connectivity index (χ0v) is 12.8.